The maximum atomic E-state index is 13.6. The molecule has 4 nitrogen and oxygen atoms in total. The number of rotatable bonds is 2. The summed E-state index contributed by atoms with van der Waals surface area (Å²) in [5, 5.41) is 0. The highest BCUT2D eigenvalue weighted by Crippen LogP contribution is 2.22. The molecule has 0 saturated carbocycles. The molecular weight excluding hydrogens is 257 g/mol. The molecule has 108 valence electrons. The molecule has 0 radical (unpaired) electrons. The number of aromatic nitrogens is 1. The van der Waals surface area contributed by atoms with Gasteiger partial charge in [-0.15, -0.1) is 0 Å². The minimum absolute atomic E-state index is 0.0899. The zero-order valence-corrected chi connectivity index (χ0v) is 11.6. The van der Waals surface area contributed by atoms with Gasteiger partial charge in [-0.05, 0) is 50.9 Å². The molecule has 1 amide bonds. The van der Waals surface area contributed by atoms with E-state index in [1.807, 2.05) is 0 Å². The standard InChI is InChI=1S/C15H20FN3O/c16-14-13(4-3-7-17-14)15(20)19-10-5-12(6-11-19)18-8-1-2-9-18/h3-4,7,12H,1-2,5-6,8-11H2. The zero-order valence-electron chi connectivity index (χ0n) is 11.6. The van der Waals surface area contributed by atoms with Gasteiger partial charge in [0.05, 0.1) is 5.56 Å². The molecule has 20 heavy (non-hydrogen) atoms. The smallest absolute Gasteiger partial charge is 0.258 e. The van der Waals surface area contributed by atoms with Gasteiger partial charge in [0.25, 0.3) is 5.91 Å². The number of piperidine rings is 1. The van der Waals surface area contributed by atoms with E-state index < -0.39 is 5.95 Å². The van der Waals surface area contributed by atoms with Gasteiger partial charge in [0.15, 0.2) is 0 Å². The Morgan fingerprint density at radius 1 is 1.20 bits per heavy atom. The van der Waals surface area contributed by atoms with E-state index in [4.69, 9.17) is 0 Å². The number of nitrogens with zero attached hydrogens (tertiary/aromatic N) is 3. The van der Waals surface area contributed by atoms with Crippen LogP contribution in [0.15, 0.2) is 18.3 Å². The van der Waals surface area contributed by atoms with E-state index in [-0.39, 0.29) is 11.5 Å². The SMILES string of the molecule is O=C(c1cccnc1F)N1CCC(N2CCCC2)CC1. The molecule has 0 aromatic carbocycles. The van der Waals surface area contributed by atoms with Crippen molar-refractivity contribution < 1.29 is 9.18 Å². The Morgan fingerprint density at radius 2 is 1.90 bits per heavy atom. The van der Waals surface area contributed by atoms with E-state index in [1.165, 1.54) is 38.2 Å². The lowest BCUT2D eigenvalue weighted by molar-refractivity contribution is 0.0639. The maximum absolute atomic E-state index is 13.6. The summed E-state index contributed by atoms with van der Waals surface area (Å²) in [6.45, 7) is 3.81. The molecule has 2 fully saturated rings. The molecule has 0 unspecified atom stereocenters. The van der Waals surface area contributed by atoms with Crippen LogP contribution < -0.4 is 0 Å². The molecule has 2 saturated heterocycles. The molecule has 3 rings (SSSR count). The van der Waals surface area contributed by atoms with E-state index in [1.54, 1.807) is 11.0 Å². The Labute approximate surface area is 118 Å². The molecule has 1 aromatic rings. The van der Waals surface area contributed by atoms with Crippen LogP contribution >= 0.6 is 0 Å². The van der Waals surface area contributed by atoms with Crippen LogP contribution in [0.2, 0.25) is 0 Å². The topological polar surface area (TPSA) is 36.4 Å². The number of likely N-dealkylation sites (tertiary alicyclic amines) is 2. The Hall–Kier alpha value is -1.49. The van der Waals surface area contributed by atoms with Gasteiger partial charge in [-0.3, -0.25) is 4.79 Å². The van der Waals surface area contributed by atoms with Gasteiger partial charge < -0.3 is 9.80 Å². The molecule has 5 heteroatoms. The highest BCUT2D eigenvalue weighted by molar-refractivity contribution is 5.94. The average molecular weight is 277 g/mol. The third kappa shape index (κ3) is 2.68. The Kier molecular flexibility index (Phi) is 3.96. The van der Waals surface area contributed by atoms with E-state index in [0.717, 1.165) is 12.8 Å². The van der Waals surface area contributed by atoms with Crippen LogP contribution in [0, 0.1) is 5.95 Å². The van der Waals surface area contributed by atoms with Gasteiger partial charge in [-0.2, -0.15) is 4.39 Å². The average Bonchev–Trinajstić information content (AvgIpc) is 3.01. The van der Waals surface area contributed by atoms with Crippen molar-refractivity contribution >= 4 is 5.91 Å². The number of hydrogen-bond donors (Lipinski definition) is 0. The molecule has 0 aliphatic carbocycles. The summed E-state index contributed by atoms with van der Waals surface area (Å²) in [6.07, 6.45) is 5.94. The third-order valence-corrected chi connectivity index (χ3v) is 4.40. The maximum Gasteiger partial charge on any atom is 0.258 e. The van der Waals surface area contributed by atoms with Crippen LogP contribution in [0.3, 0.4) is 0 Å². The fourth-order valence-corrected chi connectivity index (χ4v) is 3.26. The Morgan fingerprint density at radius 3 is 2.55 bits per heavy atom. The van der Waals surface area contributed by atoms with Crippen molar-refractivity contribution in [1.82, 2.24) is 14.8 Å². The van der Waals surface area contributed by atoms with Crippen LogP contribution in [0.1, 0.15) is 36.0 Å². The third-order valence-electron chi connectivity index (χ3n) is 4.40. The monoisotopic (exact) mass is 277 g/mol. The molecule has 0 bridgehead atoms. The fourth-order valence-electron chi connectivity index (χ4n) is 3.26. The molecule has 0 spiro atoms. The highest BCUT2D eigenvalue weighted by atomic mass is 19.1. The first kappa shape index (κ1) is 13.5. The lowest BCUT2D eigenvalue weighted by atomic mass is 10.0. The first-order valence-electron chi connectivity index (χ1n) is 7.39. The summed E-state index contributed by atoms with van der Waals surface area (Å²) in [7, 11) is 0. The summed E-state index contributed by atoms with van der Waals surface area (Å²) >= 11 is 0. The van der Waals surface area contributed by atoms with Crippen molar-refractivity contribution in [3.05, 3.63) is 29.8 Å². The van der Waals surface area contributed by atoms with E-state index in [2.05, 4.69) is 9.88 Å². The number of halogens is 1. The minimum Gasteiger partial charge on any atom is -0.338 e. The first-order valence-corrected chi connectivity index (χ1v) is 7.39. The predicted molar refractivity (Wildman–Crippen MR) is 73.9 cm³/mol. The van der Waals surface area contributed by atoms with Gasteiger partial charge in [0.2, 0.25) is 5.95 Å². The van der Waals surface area contributed by atoms with Gasteiger partial charge >= 0.3 is 0 Å². The lowest BCUT2D eigenvalue weighted by Gasteiger charge is -2.36. The Balaban J connectivity index is 1.60. The zero-order chi connectivity index (χ0) is 13.9. The van der Waals surface area contributed by atoms with Crippen molar-refractivity contribution in [3.63, 3.8) is 0 Å². The largest absolute Gasteiger partial charge is 0.338 e. The van der Waals surface area contributed by atoms with Crippen LogP contribution in [-0.4, -0.2) is 52.9 Å². The first-order chi connectivity index (χ1) is 9.75. The van der Waals surface area contributed by atoms with Crippen molar-refractivity contribution in [2.24, 2.45) is 0 Å². The summed E-state index contributed by atoms with van der Waals surface area (Å²) in [5.41, 5.74) is 0.0899. The molecule has 3 heterocycles. The predicted octanol–water partition coefficient (Wildman–Crippen LogP) is 1.92. The van der Waals surface area contributed by atoms with Crippen LogP contribution in [-0.2, 0) is 0 Å². The lowest BCUT2D eigenvalue weighted by Crippen LogP contribution is -2.46. The molecule has 1 aromatic heterocycles. The second kappa shape index (κ2) is 5.87. The normalized spacial score (nSPS) is 21.4. The number of carbonyl (C=O) groups is 1. The molecule has 2 aliphatic rings. The summed E-state index contributed by atoms with van der Waals surface area (Å²) in [5.74, 6) is -0.894. The van der Waals surface area contributed by atoms with Crippen molar-refractivity contribution in [3.8, 4) is 0 Å². The van der Waals surface area contributed by atoms with Crippen molar-refractivity contribution in [1.29, 1.82) is 0 Å². The van der Waals surface area contributed by atoms with Crippen LogP contribution in [0.5, 0.6) is 0 Å². The highest BCUT2D eigenvalue weighted by Gasteiger charge is 2.29. The fraction of sp³-hybridized carbons (Fsp3) is 0.600. The van der Waals surface area contributed by atoms with Crippen LogP contribution in [0.25, 0.3) is 0 Å². The number of pyridine rings is 1. The second-order valence-electron chi connectivity index (χ2n) is 5.61. The molecule has 0 atom stereocenters. The van der Waals surface area contributed by atoms with Gasteiger partial charge in [-0.25, -0.2) is 4.98 Å². The summed E-state index contributed by atoms with van der Waals surface area (Å²) in [6, 6.07) is 3.71. The minimum atomic E-state index is -0.667. The van der Waals surface area contributed by atoms with Gasteiger partial charge in [-0.1, -0.05) is 0 Å². The number of carbonyl (C=O) groups excluding carboxylic acids is 1. The molecular formula is C15H20FN3O. The van der Waals surface area contributed by atoms with Gasteiger partial charge in [0, 0.05) is 25.3 Å². The summed E-state index contributed by atoms with van der Waals surface area (Å²) < 4.78 is 13.6. The molecule has 2 aliphatic heterocycles. The number of amides is 1. The van der Waals surface area contributed by atoms with E-state index in [9.17, 15) is 9.18 Å². The Bertz CT molecular complexity index is 480. The van der Waals surface area contributed by atoms with E-state index >= 15 is 0 Å². The quantitative estimate of drug-likeness (QED) is 0.775. The molecule has 0 N–H and O–H groups in total. The second-order valence-corrected chi connectivity index (χ2v) is 5.61. The van der Waals surface area contributed by atoms with Crippen molar-refractivity contribution in [2.45, 2.75) is 31.7 Å². The summed E-state index contributed by atoms with van der Waals surface area (Å²) in [4.78, 5) is 20.1. The van der Waals surface area contributed by atoms with Crippen molar-refractivity contribution in [2.75, 3.05) is 26.2 Å². The van der Waals surface area contributed by atoms with Crippen LogP contribution in [0.4, 0.5) is 4.39 Å². The van der Waals surface area contributed by atoms with E-state index in [0.29, 0.717) is 19.1 Å². The number of hydrogen-bond acceptors (Lipinski definition) is 3. The van der Waals surface area contributed by atoms with Gasteiger partial charge in [0.1, 0.15) is 0 Å².